The van der Waals surface area contributed by atoms with Crippen molar-refractivity contribution >= 4 is 22.7 Å². The predicted molar refractivity (Wildman–Crippen MR) is 153 cm³/mol. The highest BCUT2D eigenvalue weighted by Crippen LogP contribution is 2.36. The molecule has 4 aromatic carbocycles. The molecule has 0 unspecified atom stereocenters. The van der Waals surface area contributed by atoms with E-state index in [2.05, 4.69) is 6.07 Å². The van der Waals surface area contributed by atoms with Crippen molar-refractivity contribution in [3.63, 3.8) is 0 Å². The third-order valence-corrected chi connectivity index (χ3v) is 6.77. The molecular formula is C33H29NO6. The summed E-state index contributed by atoms with van der Waals surface area (Å²) in [7, 11) is 0. The van der Waals surface area contributed by atoms with Gasteiger partial charge in [-0.1, -0.05) is 85.6 Å². The average Bonchev–Trinajstić information content (AvgIpc) is 3.42. The van der Waals surface area contributed by atoms with Crippen LogP contribution in [0.4, 0.5) is 0 Å². The fourth-order valence-electron chi connectivity index (χ4n) is 4.64. The first-order chi connectivity index (χ1) is 19.5. The van der Waals surface area contributed by atoms with Crippen LogP contribution in [0.5, 0.6) is 5.75 Å². The van der Waals surface area contributed by atoms with Crippen molar-refractivity contribution in [2.45, 2.75) is 25.7 Å². The number of unbranched alkanes of at least 4 members (excludes halogenated alkanes) is 2. The Hall–Kier alpha value is -4.91. The summed E-state index contributed by atoms with van der Waals surface area (Å²) in [5.41, 5.74) is 3.63. The summed E-state index contributed by atoms with van der Waals surface area (Å²) >= 11 is 0. The van der Waals surface area contributed by atoms with Crippen LogP contribution in [-0.4, -0.2) is 33.7 Å². The maximum atomic E-state index is 11.0. The largest absolute Gasteiger partial charge is 0.494 e. The first-order valence-corrected chi connectivity index (χ1v) is 13.2. The number of rotatable bonds is 12. The number of benzene rings is 4. The van der Waals surface area contributed by atoms with Crippen LogP contribution < -0.4 is 4.74 Å². The van der Waals surface area contributed by atoms with Crippen LogP contribution in [0.25, 0.3) is 44.8 Å². The van der Waals surface area contributed by atoms with E-state index in [1.54, 1.807) is 0 Å². The second-order valence-electron chi connectivity index (χ2n) is 9.58. The van der Waals surface area contributed by atoms with Crippen molar-refractivity contribution in [2.24, 2.45) is 5.92 Å². The van der Waals surface area contributed by atoms with E-state index in [9.17, 15) is 9.59 Å². The number of hydrogen-bond acceptors (Lipinski definition) is 5. The summed E-state index contributed by atoms with van der Waals surface area (Å²) in [5.74, 6) is -1.92. The summed E-state index contributed by atoms with van der Waals surface area (Å²) in [6, 6.07) is 31.9. The van der Waals surface area contributed by atoms with Crippen LogP contribution in [0.2, 0.25) is 0 Å². The van der Waals surface area contributed by atoms with Crippen molar-refractivity contribution in [3.8, 4) is 39.8 Å². The average molecular weight is 536 g/mol. The van der Waals surface area contributed by atoms with Crippen LogP contribution in [-0.2, 0) is 9.59 Å². The van der Waals surface area contributed by atoms with E-state index in [1.165, 1.54) is 0 Å². The minimum atomic E-state index is -1.35. The SMILES string of the molecule is O=C(O)C(CCCCCOc1ccc2cc(-c3nc(-c4ccccc4)c(-c4ccccc4)o3)ccc2c1)C(=O)O. The van der Waals surface area contributed by atoms with Crippen molar-refractivity contribution in [1.82, 2.24) is 4.98 Å². The van der Waals surface area contributed by atoms with Gasteiger partial charge in [-0.2, -0.15) is 0 Å². The summed E-state index contributed by atoms with van der Waals surface area (Å²) in [5, 5.41) is 20.0. The maximum Gasteiger partial charge on any atom is 0.317 e. The Bertz CT molecular complexity index is 1540. The van der Waals surface area contributed by atoms with E-state index >= 15 is 0 Å². The predicted octanol–water partition coefficient (Wildman–Crippen LogP) is 7.55. The molecule has 5 rings (SSSR count). The minimum Gasteiger partial charge on any atom is -0.494 e. The van der Waals surface area contributed by atoms with Gasteiger partial charge in [-0.05, 0) is 47.9 Å². The van der Waals surface area contributed by atoms with E-state index in [1.807, 2.05) is 91.0 Å². The van der Waals surface area contributed by atoms with Crippen molar-refractivity contribution in [2.75, 3.05) is 6.61 Å². The molecule has 0 aliphatic carbocycles. The fourth-order valence-corrected chi connectivity index (χ4v) is 4.64. The lowest BCUT2D eigenvalue weighted by atomic mass is 10.0. The second kappa shape index (κ2) is 12.3. The van der Waals surface area contributed by atoms with Gasteiger partial charge in [0, 0.05) is 16.7 Å². The summed E-state index contributed by atoms with van der Waals surface area (Å²) in [6.45, 7) is 0.468. The van der Waals surface area contributed by atoms with Gasteiger partial charge in [0.2, 0.25) is 5.89 Å². The Kier molecular flexibility index (Phi) is 8.21. The van der Waals surface area contributed by atoms with Crippen LogP contribution in [0, 0.1) is 5.92 Å². The molecule has 40 heavy (non-hydrogen) atoms. The fraction of sp³-hybridized carbons (Fsp3) is 0.182. The molecule has 7 heteroatoms. The Balaban J connectivity index is 1.27. The van der Waals surface area contributed by atoms with Gasteiger partial charge in [-0.15, -0.1) is 0 Å². The lowest BCUT2D eigenvalue weighted by molar-refractivity contribution is -0.154. The number of aliphatic carboxylic acids is 2. The molecule has 1 aromatic heterocycles. The Morgan fingerprint density at radius 1 is 0.725 bits per heavy atom. The molecule has 2 N–H and O–H groups in total. The van der Waals surface area contributed by atoms with Gasteiger partial charge in [-0.25, -0.2) is 4.98 Å². The highest BCUT2D eigenvalue weighted by Gasteiger charge is 2.24. The van der Waals surface area contributed by atoms with E-state index in [0.717, 1.165) is 44.7 Å². The smallest absolute Gasteiger partial charge is 0.317 e. The monoisotopic (exact) mass is 535 g/mol. The molecule has 0 radical (unpaired) electrons. The minimum absolute atomic E-state index is 0.118. The van der Waals surface area contributed by atoms with Gasteiger partial charge in [0.1, 0.15) is 11.4 Å². The number of aromatic nitrogens is 1. The molecule has 0 fully saturated rings. The molecule has 202 valence electrons. The summed E-state index contributed by atoms with van der Waals surface area (Å²) in [4.78, 5) is 26.8. The molecule has 0 spiro atoms. The molecule has 0 aliphatic rings. The van der Waals surface area contributed by atoms with Crippen molar-refractivity contribution in [1.29, 1.82) is 0 Å². The zero-order valence-electron chi connectivity index (χ0n) is 21.8. The molecule has 5 aromatic rings. The van der Waals surface area contributed by atoms with Crippen molar-refractivity contribution < 1.29 is 29.0 Å². The van der Waals surface area contributed by atoms with Crippen LogP contribution in [0.15, 0.2) is 101 Å². The van der Waals surface area contributed by atoms with Gasteiger partial charge >= 0.3 is 11.9 Å². The Morgan fingerprint density at radius 2 is 1.38 bits per heavy atom. The van der Waals surface area contributed by atoms with E-state index in [0.29, 0.717) is 31.8 Å². The number of carbonyl (C=O) groups is 2. The number of ether oxygens (including phenoxy) is 1. The zero-order valence-corrected chi connectivity index (χ0v) is 21.8. The van der Waals surface area contributed by atoms with Gasteiger partial charge in [0.25, 0.3) is 0 Å². The van der Waals surface area contributed by atoms with Crippen LogP contribution in [0.1, 0.15) is 25.7 Å². The zero-order chi connectivity index (χ0) is 27.9. The number of hydrogen-bond donors (Lipinski definition) is 2. The molecule has 0 saturated carbocycles. The number of oxazole rings is 1. The third kappa shape index (κ3) is 6.21. The normalized spacial score (nSPS) is 11.1. The number of nitrogens with zero attached hydrogens (tertiary/aromatic N) is 1. The standard InChI is InChI=1S/C33H29NO6/c35-32(36)28(33(37)38)14-8-3-9-19-39-27-18-17-24-20-26(16-15-25(24)21-27)31-34-29(22-10-4-1-5-11-22)30(40-31)23-12-6-2-7-13-23/h1-2,4-7,10-13,15-18,20-21,28H,3,8-9,14,19H2,(H,35,36)(H,37,38). The molecule has 0 bridgehead atoms. The molecule has 0 saturated heterocycles. The second-order valence-corrected chi connectivity index (χ2v) is 9.58. The number of fused-ring (bicyclic) bond motifs is 1. The lowest BCUT2D eigenvalue weighted by Gasteiger charge is -2.09. The maximum absolute atomic E-state index is 11.0. The van der Waals surface area contributed by atoms with E-state index in [4.69, 9.17) is 24.4 Å². The molecule has 0 atom stereocenters. The quantitative estimate of drug-likeness (QED) is 0.125. The van der Waals surface area contributed by atoms with Crippen LogP contribution in [0.3, 0.4) is 0 Å². The molecule has 1 heterocycles. The summed E-state index contributed by atoms with van der Waals surface area (Å²) in [6.07, 6.45) is 2.04. The first kappa shape index (κ1) is 26.7. The van der Waals surface area contributed by atoms with Gasteiger partial charge < -0.3 is 19.4 Å². The highest BCUT2D eigenvalue weighted by molar-refractivity contribution is 5.92. The number of carboxylic acid groups (broad SMARTS) is 2. The molecule has 0 amide bonds. The third-order valence-electron chi connectivity index (χ3n) is 6.77. The van der Waals surface area contributed by atoms with E-state index < -0.39 is 17.9 Å². The van der Waals surface area contributed by atoms with Gasteiger partial charge in [0.05, 0.1) is 6.61 Å². The van der Waals surface area contributed by atoms with Crippen LogP contribution >= 0.6 is 0 Å². The number of carboxylic acids is 2. The Labute approximate surface area is 231 Å². The van der Waals surface area contributed by atoms with Gasteiger partial charge in [-0.3, -0.25) is 9.59 Å². The van der Waals surface area contributed by atoms with Crippen molar-refractivity contribution in [3.05, 3.63) is 97.1 Å². The highest BCUT2D eigenvalue weighted by atomic mass is 16.5. The van der Waals surface area contributed by atoms with Gasteiger partial charge in [0.15, 0.2) is 11.7 Å². The molecule has 7 nitrogen and oxygen atoms in total. The molecule has 0 aliphatic heterocycles. The molecular weight excluding hydrogens is 506 g/mol. The topological polar surface area (TPSA) is 110 Å². The Morgan fingerprint density at radius 3 is 2.08 bits per heavy atom. The first-order valence-electron chi connectivity index (χ1n) is 13.2. The summed E-state index contributed by atoms with van der Waals surface area (Å²) < 4.78 is 12.2. The lowest BCUT2D eigenvalue weighted by Crippen LogP contribution is -2.23. The van der Waals surface area contributed by atoms with E-state index in [-0.39, 0.29) is 6.42 Å².